The van der Waals surface area contributed by atoms with E-state index < -0.39 is 4.92 Å². The molecular formula is C16H17N3O4S. The summed E-state index contributed by atoms with van der Waals surface area (Å²) >= 11 is 1.33. The highest BCUT2D eigenvalue weighted by Gasteiger charge is 2.22. The number of nitro benzene ring substituents is 1. The van der Waals surface area contributed by atoms with Crippen molar-refractivity contribution in [2.45, 2.75) is 37.8 Å². The lowest BCUT2D eigenvalue weighted by Gasteiger charge is -2.25. The number of hydrogen-bond donors (Lipinski definition) is 2. The van der Waals surface area contributed by atoms with Crippen LogP contribution in [0.3, 0.4) is 0 Å². The Labute approximate surface area is 142 Å². The fraction of sp³-hybridized carbons (Fsp3) is 0.375. The number of amides is 1. The van der Waals surface area contributed by atoms with Crippen molar-refractivity contribution in [1.82, 2.24) is 10.3 Å². The Hall–Kier alpha value is -2.32. The minimum Gasteiger partial charge on any atom is -0.393 e. The number of non-ortho nitro benzene ring substituents is 1. The number of nitrogens with zero attached hydrogens (tertiary/aromatic N) is 2. The fourth-order valence-electron chi connectivity index (χ4n) is 2.72. The second-order valence-electron chi connectivity index (χ2n) is 5.82. The van der Waals surface area contributed by atoms with E-state index in [0.29, 0.717) is 23.5 Å². The Morgan fingerprint density at radius 2 is 1.92 bits per heavy atom. The molecule has 126 valence electrons. The first-order valence-electron chi connectivity index (χ1n) is 7.72. The van der Waals surface area contributed by atoms with Gasteiger partial charge in [0.25, 0.3) is 11.6 Å². The smallest absolute Gasteiger partial charge is 0.270 e. The standard InChI is InChI=1S/C16H17N3O4S/c20-13-7-3-11(4-8-13)17-15(21)14-9-24-16(18-14)10-1-5-12(6-2-10)19(22)23/h1-2,5-6,9,11,13,20H,3-4,7-8H2,(H,17,21). The molecule has 8 heteroatoms. The molecule has 1 aromatic heterocycles. The second-order valence-corrected chi connectivity index (χ2v) is 6.68. The van der Waals surface area contributed by atoms with E-state index in [1.54, 1.807) is 17.5 Å². The Morgan fingerprint density at radius 3 is 2.54 bits per heavy atom. The first kappa shape index (κ1) is 16.5. The van der Waals surface area contributed by atoms with Crippen molar-refractivity contribution in [1.29, 1.82) is 0 Å². The summed E-state index contributed by atoms with van der Waals surface area (Å²) in [6, 6.07) is 6.17. The summed E-state index contributed by atoms with van der Waals surface area (Å²) in [5, 5.41) is 25.5. The third-order valence-electron chi connectivity index (χ3n) is 4.09. The number of rotatable bonds is 4. The van der Waals surface area contributed by atoms with Crippen molar-refractivity contribution in [3.05, 3.63) is 45.5 Å². The van der Waals surface area contributed by atoms with Gasteiger partial charge in [-0.1, -0.05) is 0 Å². The van der Waals surface area contributed by atoms with E-state index in [1.807, 2.05) is 0 Å². The van der Waals surface area contributed by atoms with Crippen molar-refractivity contribution in [2.24, 2.45) is 0 Å². The van der Waals surface area contributed by atoms with Crippen LogP contribution in [0.15, 0.2) is 29.6 Å². The van der Waals surface area contributed by atoms with Crippen LogP contribution in [-0.2, 0) is 0 Å². The van der Waals surface area contributed by atoms with Gasteiger partial charge in [-0.15, -0.1) is 11.3 Å². The van der Waals surface area contributed by atoms with Gasteiger partial charge in [-0.25, -0.2) is 4.98 Å². The van der Waals surface area contributed by atoms with Crippen molar-refractivity contribution >= 4 is 22.9 Å². The topological polar surface area (TPSA) is 105 Å². The lowest BCUT2D eigenvalue weighted by molar-refractivity contribution is -0.384. The van der Waals surface area contributed by atoms with Crippen molar-refractivity contribution in [3.8, 4) is 10.6 Å². The van der Waals surface area contributed by atoms with Gasteiger partial charge in [0.2, 0.25) is 0 Å². The van der Waals surface area contributed by atoms with Gasteiger partial charge in [-0.05, 0) is 37.8 Å². The van der Waals surface area contributed by atoms with E-state index in [1.165, 1.54) is 23.5 Å². The van der Waals surface area contributed by atoms with Crippen LogP contribution in [0.4, 0.5) is 5.69 Å². The summed E-state index contributed by atoms with van der Waals surface area (Å²) in [5.41, 5.74) is 1.11. The fourth-order valence-corrected chi connectivity index (χ4v) is 3.52. The molecule has 3 rings (SSSR count). The molecule has 1 aliphatic rings. The molecule has 0 radical (unpaired) electrons. The summed E-state index contributed by atoms with van der Waals surface area (Å²) < 4.78 is 0. The molecule has 0 unspecified atom stereocenters. The van der Waals surface area contributed by atoms with Crippen LogP contribution in [0.1, 0.15) is 36.2 Å². The van der Waals surface area contributed by atoms with E-state index in [4.69, 9.17) is 0 Å². The number of benzene rings is 1. The highest BCUT2D eigenvalue weighted by atomic mass is 32.1. The third-order valence-corrected chi connectivity index (χ3v) is 4.99. The summed E-state index contributed by atoms with van der Waals surface area (Å²) in [4.78, 5) is 26.8. The Bertz CT molecular complexity index is 736. The van der Waals surface area contributed by atoms with Crippen LogP contribution in [0.25, 0.3) is 10.6 Å². The molecule has 7 nitrogen and oxygen atoms in total. The number of thiazole rings is 1. The van der Waals surface area contributed by atoms with Gasteiger partial charge >= 0.3 is 0 Å². The van der Waals surface area contributed by atoms with Gasteiger partial charge in [0.15, 0.2) is 0 Å². The van der Waals surface area contributed by atoms with Gasteiger partial charge in [0.1, 0.15) is 10.7 Å². The molecule has 2 N–H and O–H groups in total. The van der Waals surface area contributed by atoms with E-state index in [2.05, 4.69) is 10.3 Å². The van der Waals surface area contributed by atoms with Crippen molar-refractivity contribution in [3.63, 3.8) is 0 Å². The molecule has 1 amide bonds. The van der Waals surface area contributed by atoms with Crippen LogP contribution in [0, 0.1) is 10.1 Å². The monoisotopic (exact) mass is 347 g/mol. The van der Waals surface area contributed by atoms with Gasteiger partial charge in [-0.2, -0.15) is 0 Å². The lowest BCUT2D eigenvalue weighted by atomic mass is 9.93. The van der Waals surface area contributed by atoms with Crippen LogP contribution in [-0.4, -0.2) is 33.1 Å². The lowest BCUT2D eigenvalue weighted by Crippen LogP contribution is -2.38. The number of carbonyl (C=O) groups excluding carboxylic acids is 1. The van der Waals surface area contributed by atoms with E-state index >= 15 is 0 Å². The molecule has 1 fully saturated rings. The maximum atomic E-state index is 12.3. The van der Waals surface area contributed by atoms with Crippen LogP contribution in [0.5, 0.6) is 0 Å². The molecule has 1 aromatic carbocycles. The summed E-state index contributed by atoms with van der Waals surface area (Å²) in [5.74, 6) is -0.221. The SMILES string of the molecule is O=C(NC1CCC(O)CC1)c1csc(-c2ccc([N+](=O)[O-])cc2)n1. The van der Waals surface area contributed by atoms with Gasteiger partial charge in [0.05, 0.1) is 11.0 Å². The average Bonchev–Trinajstić information content (AvgIpc) is 3.07. The molecular weight excluding hydrogens is 330 g/mol. The maximum absolute atomic E-state index is 12.3. The Kier molecular flexibility index (Phi) is 4.86. The molecule has 0 atom stereocenters. The number of nitrogens with one attached hydrogen (secondary N) is 1. The Morgan fingerprint density at radius 1 is 1.25 bits per heavy atom. The molecule has 2 aromatic rings. The second kappa shape index (κ2) is 7.06. The minimum absolute atomic E-state index is 0.0211. The first-order valence-corrected chi connectivity index (χ1v) is 8.60. The molecule has 1 heterocycles. The predicted octanol–water partition coefficient (Wildman–Crippen LogP) is 2.75. The predicted molar refractivity (Wildman–Crippen MR) is 89.9 cm³/mol. The molecule has 0 spiro atoms. The Balaban J connectivity index is 1.66. The average molecular weight is 347 g/mol. The largest absolute Gasteiger partial charge is 0.393 e. The van der Waals surface area contributed by atoms with Crippen LogP contribution in [0.2, 0.25) is 0 Å². The van der Waals surface area contributed by atoms with E-state index in [0.717, 1.165) is 18.4 Å². The van der Waals surface area contributed by atoms with E-state index in [-0.39, 0.29) is 23.7 Å². The number of hydrogen-bond acceptors (Lipinski definition) is 6. The normalized spacial score (nSPS) is 20.5. The highest BCUT2D eigenvalue weighted by Crippen LogP contribution is 2.26. The molecule has 1 saturated carbocycles. The van der Waals surface area contributed by atoms with Crippen molar-refractivity contribution < 1.29 is 14.8 Å². The molecule has 1 aliphatic carbocycles. The molecule has 0 saturated heterocycles. The molecule has 0 bridgehead atoms. The minimum atomic E-state index is -0.453. The number of aromatic nitrogens is 1. The number of carbonyl (C=O) groups is 1. The van der Waals surface area contributed by atoms with Crippen LogP contribution >= 0.6 is 11.3 Å². The zero-order valence-electron chi connectivity index (χ0n) is 12.8. The quantitative estimate of drug-likeness (QED) is 0.653. The summed E-state index contributed by atoms with van der Waals surface area (Å²) in [6.07, 6.45) is 2.69. The number of aliphatic hydroxyl groups excluding tert-OH is 1. The zero-order valence-corrected chi connectivity index (χ0v) is 13.7. The van der Waals surface area contributed by atoms with Gasteiger partial charge in [-0.3, -0.25) is 14.9 Å². The molecule has 24 heavy (non-hydrogen) atoms. The maximum Gasteiger partial charge on any atom is 0.270 e. The molecule has 0 aliphatic heterocycles. The number of nitro groups is 1. The van der Waals surface area contributed by atoms with Crippen molar-refractivity contribution in [2.75, 3.05) is 0 Å². The highest BCUT2D eigenvalue weighted by molar-refractivity contribution is 7.13. The van der Waals surface area contributed by atoms with Gasteiger partial charge in [0, 0.05) is 29.1 Å². The summed E-state index contributed by atoms with van der Waals surface area (Å²) in [7, 11) is 0. The number of aliphatic hydroxyl groups is 1. The first-order chi connectivity index (χ1) is 11.5. The van der Waals surface area contributed by atoms with Gasteiger partial charge < -0.3 is 10.4 Å². The third kappa shape index (κ3) is 3.77. The van der Waals surface area contributed by atoms with E-state index in [9.17, 15) is 20.0 Å². The summed E-state index contributed by atoms with van der Waals surface area (Å²) in [6.45, 7) is 0. The zero-order chi connectivity index (χ0) is 17.1. The van der Waals surface area contributed by atoms with Crippen LogP contribution < -0.4 is 5.32 Å².